The summed E-state index contributed by atoms with van der Waals surface area (Å²) in [5.74, 6) is -0.676. The molecule has 0 radical (unpaired) electrons. The first-order valence-corrected chi connectivity index (χ1v) is 12.5. The average molecular weight is 420 g/mol. The Hall–Kier alpha value is -2.19. The SMILES string of the molecule is O=C(c1cccc(S(=O)(=O)[C@H]2CCS(=O)(=O)C2)c1)N1CCc2ccccc2C1. The topological polar surface area (TPSA) is 88.6 Å². The maximum absolute atomic E-state index is 12.9. The Balaban J connectivity index is 1.58. The summed E-state index contributed by atoms with van der Waals surface area (Å²) >= 11 is 0. The van der Waals surface area contributed by atoms with E-state index in [0.29, 0.717) is 18.7 Å². The maximum atomic E-state index is 12.9. The average Bonchev–Trinajstić information content (AvgIpc) is 3.07. The van der Waals surface area contributed by atoms with Crippen LogP contribution in [0.25, 0.3) is 0 Å². The molecule has 1 atom stereocenters. The number of hydrogen-bond acceptors (Lipinski definition) is 5. The first-order valence-electron chi connectivity index (χ1n) is 9.17. The van der Waals surface area contributed by atoms with Crippen molar-refractivity contribution in [2.75, 3.05) is 18.1 Å². The molecule has 6 nitrogen and oxygen atoms in total. The van der Waals surface area contributed by atoms with Gasteiger partial charge >= 0.3 is 0 Å². The monoisotopic (exact) mass is 419 g/mol. The number of carbonyl (C=O) groups is 1. The fourth-order valence-corrected chi connectivity index (χ4v) is 8.26. The standard InChI is InChI=1S/C20H21NO5S2/c22-20(21-10-8-15-4-1-2-5-17(15)13-21)16-6-3-7-18(12-16)28(25,26)19-9-11-27(23,24)14-19/h1-7,12,19H,8-11,13-14H2/t19-/m0/s1. The van der Waals surface area contributed by atoms with Crippen LogP contribution in [0.5, 0.6) is 0 Å². The van der Waals surface area contributed by atoms with Crippen LogP contribution >= 0.6 is 0 Å². The van der Waals surface area contributed by atoms with Crippen molar-refractivity contribution in [2.24, 2.45) is 0 Å². The fraction of sp³-hybridized carbons (Fsp3) is 0.350. The molecule has 0 saturated carbocycles. The van der Waals surface area contributed by atoms with E-state index in [9.17, 15) is 21.6 Å². The van der Waals surface area contributed by atoms with Gasteiger partial charge in [-0.2, -0.15) is 0 Å². The predicted molar refractivity (Wildman–Crippen MR) is 106 cm³/mol. The highest BCUT2D eigenvalue weighted by Crippen LogP contribution is 2.27. The van der Waals surface area contributed by atoms with Crippen molar-refractivity contribution in [2.45, 2.75) is 29.5 Å². The van der Waals surface area contributed by atoms with Gasteiger partial charge in [0, 0.05) is 18.7 Å². The molecule has 0 aliphatic carbocycles. The van der Waals surface area contributed by atoms with Crippen LogP contribution in [0, 0.1) is 0 Å². The van der Waals surface area contributed by atoms with Gasteiger partial charge in [0.2, 0.25) is 0 Å². The Morgan fingerprint density at radius 2 is 1.79 bits per heavy atom. The molecule has 4 rings (SSSR count). The third kappa shape index (κ3) is 3.58. The van der Waals surface area contributed by atoms with E-state index >= 15 is 0 Å². The molecule has 0 bridgehead atoms. The van der Waals surface area contributed by atoms with E-state index in [1.54, 1.807) is 17.0 Å². The zero-order valence-corrected chi connectivity index (χ0v) is 16.9. The van der Waals surface area contributed by atoms with E-state index in [1.807, 2.05) is 18.2 Å². The number of benzene rings is 2. The van der Waals surface area contributed by atoms with Crippen molar-refractivity contribution in [3.05, 3.63) is 65.2 Å². The Labute approximate surface area is 165 Å². The van der Waals surface area contributed by atoms with Gasteiger partial charge in [-0.25, -0.2) is 16.8 Å². The van der Waals surface area contributed by atoms with Gasteiger partial charge in [0.25, 0.3) is 5.91 Å². The lowest BCUT2D eigenvalue weighted by Gasteiger charge is -2.29. The number of fused-ring (bicyclic) bond motifs is 1. The van der Waals surface area contributed by atoms with Gasteiger partial charge < -0.3 is 4.90 Å². The molecule has 1 saturated heterocycles. The minimum Gasteiger partial charge on any atom is -0.334 e. The van der Waals surface area contributed by atoms with Crippen LogP contribution in [0.15, 0.2) is 53.4 Å². The number of nitrogens with zero attached hydrogens (tertiary/aromatic N) is 1. The highest BCUT2D eigenvalue weighted by Gasteiger charge is 2.38. The molecule has 2 heterocycles. The number of rotatable bonds is 3. The lowest BCUT2D eigenvalue weighted by Crippen LogP contribution is -2.36. The number of hydrogen-bond donors (Lipinski definition) is 0. The van der Waals surface area contributed by atoms with E-state index in [-0.39, 0.29) is 28.7 Å². The lowest BCUT2D eigenvalue weighted by molar-refractivity contribution is 0.0734. The molecule has 2 aliphatic heterocycles. The lowest BCUT2D eigenvalue weighted by atomic mass is 9.99. The van der Waals surface area contributed by atoms with Crippen LogP contribution in [0.3, 0.4) is 0 Å². The first kappa shape index (κ1) is 19.1. The van der Waals surface area contributed by atoms with E-state index in [4.69, 9.17) is 0 Å². The Morgan fingerprint density at radius 1 is 1.04 bits per heavy atom. The highest BCUT2D eigenvalue weighted by atomic mass is 32.2. The number of amides is 1. The summed E-state index contributed by atoms with van der Waals surface area (Å²) in [6.45, 7) is 1.07. The normalized spacial score (nSPS) is 21.3. The molecule has 0 N–H and O–H groups in total. The summed E-state index contributed by atoms with van der Waals surface area (Å²) in [6.07, 6.45) is 0.867. The van der Waals surface area contributed by atoms with Gasteiger partial charge in [0.15, 0.2) is 19.7 Å². The quantitative estimate of drug-likeness (QED) is 0.758. The summed E-state index contributed by atoms with van der Waals surface area (Å²) in [5, 5.41) is -0.940. The molecule has 28 heavy (non-hydrogen) atoms. The smallest absolute Gasteiger partial charge is 0.254 e. The third-order valence-corrected chi connectivity index (χ3v) is 9.63. The van der Waals surface area contributed by atoms with Crippen molar-refractivity contribution < 1.29 is 21.6 Å². The van der Waals surface area contributed by atoms with Gasteiger partial charge in [-0.15, -0.1) is 0 Å². The molecule has 0 aromatic heterocycles. The zero-order chi connectivity index (χ0) is 19.9. The number of carbonyl (C=O) groups excluding carboxylic acids is 1. The first-order chi connectivity index (χ1) is 13.3. The second-order valence-corrected chi connectivity index (χ2v) is 11.8. The summed E-state index contributed by atoms with van der Waals surface area (Å²) in [6, 6.07) is 13.9. The van der Waals surface area contributed by atoms with Crippen LogP contribution < -0.4 is 0 Å². The van der Waals surface area contributed by atoms with Crippen molar-refractivity contribution >= 4 is 25.6 Å². The molecule has 2 aromatic carbocycles. The van der Waals surface area contributed by atoms with E-state index in [0.717, 1.165) is 12.0 Å². The van der Waals surface area contributed by atoms with Crippen LogP contribution in [-0.2, 0) is 32.6 Å². The number of sulfone groups is 2. The van der Waals surface area contributed by atoms with Crippen LogP contribution in [0.4, 0.5) is 0 Å². The molecule has 148 valence electrons. The summed E-state index contributed by atoms with van der Waals surface area (Å²) in [5.41, 5.74) is 2.63. The van der Waals surface area contributed by atoms with E-state index < -0.39 is 24.9 Å². The molecule has 8 heteroatoms. The molecular formula is C20H21NO5S2. The molecule has 2 aromatic rings. The second kappa shape index (κ2) is 7.00. The maximum Gasteiger partial charge on any atom is 0.254 e. The molecule has 1 amide bonds. The van der Waals surface area contributed by atoms with Gasteiger partial charge in [-0.1, -0.05) is 30.3 Å². The second-order valence-electron chi connectivity index (χ2n) is 7.34. The Morgan fingerprint density at radius 3 is 2.50 bits per heavy atom. The summed E-state index contributed by atoms with van der Waals surface area (Å²) in [7, 11) is -7.11. The highest BCUT2D eigenvalue weighted by molar-refractivity contribution is 7.96. The van der Waals surface area contributed by atoms with Crippen molar-refractivity contribution in [3.8, 4) is 0 Å². The van der Waals surface area contributed by atoms with Crippen LogP contribution in [0.1, 0.15) is 27.9 Å². The Kier molecular flexibility index (Phi) is 4.79. The van der Waals surface area contributed by atoms with E-state index in [1.165, 1.54) is 17.7 Å². The fourth-order valence-electron chi connectivity index (χ4n) is 3.86. The van der Waals surface area contributed by atoms with Gasteiger partial charge in [-0.05, 0) is 42.2 Å². The summed E-state index contributed by atoms with van der Waals surface area (Å²) in [4.78, 5) is 14.7. The van der Waals surface area contributed by atoms with Crippen LogP contribution in [0.2, 0.25) is 0 Å². The molecular weight excluding hydrogens is 398 g/mol. The zero-order valence-electron chi connectivity index (χ0n) is 15.2. The molecule has 0 unspecified atom stereocenters. The van der Waals surface area contributed by atoms with Crippen molar-refractivity contribution in [1.29, 1.82) is 0 Å². The predicted octanol–water partition coefficient (Wildman–Crippen LogP) is 1.85. The van der Waals surface area contributed by atoms with Crippen molar-refractivity contribution in [3.63, 3.8) is 0 Å². The minimum atomic E-state index is -3.80. The van der Waals surface area contributed by atoms with E-state index in [2.05, 4.69) is 6.07 Å². The van der Waals surface area contributed by atoms with Gasteiger partial charge in [-0.3, -0.25) is 4.79 Å². The Bertz CT molecular complexity index is 1140. The molecule has 1 fully saturated rings. The van der Waals surface area contributed by atoms with Gasteiger partial charge in [0.1, 0.15) is 0 Å². The van der Waals surface area contributed by atoms with Crippen molar-refractivity contribution in [1.82, 2.24) is 4.90 Å². The summed E-state index contributed by atoms with van der Waals surface area (Å²) < 4.78 is 49.0. The minimum absolute atomic E-state index is 0.0119. The largest absolute Gasteiger partial charge is 0.334 e. The van der Waals surface area contributed by atoms with Gasteiger partial charge in [0.05, 0.1) is 21.7 Å². The third-order valence-electron chi connectivity index (χ3n) is 5.46. The van der Waals surface area contributed by atoms with Crippen LogP contribution in [-0.4, -0.2) is 50.9 Å². The molecule has 2 aliphatic rings. The molecule has 0 spiro atoms.